The fraction of sp³-hybridized carbons (Fsp3) is 0.609. The average molecular weight is 411 g/mol. The lowest BCUT2D eigenvalue weighted by Crippen LogP contribution is -2.48. The standard InChI is InChI=1S/C23H34N6O/c1-18-6-11-29(12-7-18)17-23(30)25-19-8-13-28(14-9-19)16-20-15-22(26-27(20)2)21-5-3-4-10-24-21/h3-5,10,15,18-19H,6-9,11-14,16-17H2,1-2H3,(H,25,30). The minimum absolute atomic E-state index is 0.189. The number of nitrogens with one attached hydrogen (secondary N) is 1. The Labute approximate surface area is 179 Å². The smallest absolute Gasteiger partial charge is 0.234 e. The zero-order valence-corrected chi connectivity index (χ0v) is 18.3. The van der Waals surface area contributed by atoms with E-state index in [1.54, 1.807) is 6.20 Å². The molecule has 0 radical (unpaired) electrons. The van der Waals surface area contributed by atoms with Gasteiger partial charge in [-0.15, -0.1) is 0 Å². The highest BCUT2D eigenvalue weighted by Crippen LogP contribution is 2.19. The number of likely N-dealkylation sites (tertiary alicyclic amines) is 2. The number of amides is 1. The molecule has 0 saturated carbocycles. The van der Waals surface area contributed by atoms with Crippen molar-refractivity contribution < 1.29 is 4.79 Å². The van der Waals surface area contributed by atoms with Crippen LogP contribution in [0, 0.1) is 5.92 Å². The van der Waals surface area contributed by atoms with Gasteiger partial charge in [-0.1, -0.05) is 13.0 Å². The fourth-order valence-corrected chi connectivity index (χ4v) is 4.45. The molecule has 1 N–H and O–H groups in total. The Kier molecular flexibility index (Phi) is 6.79. The first kappa shape index (κ1) is 21.0. The third kappa shape index (κ3) is 5.46. The summed E-state index contributed by atoms with van der Waals surface area (Å²) in [6.45, 7) is 7.83. The van der Waals surface area contributed by atoms with Crippen molar-refractivity contribution in [2.45, 2.75) is 45.2 Å². The number of carbonyl (C=O) groups is 1. The van der Waals surface area contributed by atoms with E-state index in [4.69, 9.17) is 0 Å². The maximum absolute atomic E-state index is 12.4. The first-order chi connectivity index (χ1) is 14.6. The van der Waals surface area contributed by atoms with Crippen molar-refractivity contribution in [1.29, 1.82) is 0 Å². The van der Waals surface area contributed by atoms with Crippen molar-refractivity contribution in [1.82, 2.24) is 29.9 Å². The molecular formula is C23H34N6O. The number of carbonyl (C=O) groups excluding carboxylic acids is 1. The molecule has 2 aromatic rings. The van der Waals surface area contributed by atoms with Crippen molar-refractivity contribution in [3.05, 3.63) is 36.2 Å². The van der Waals surface area contributed by atoms with E-state index < -0.39 is 0 Å². The molecular weight excluding hydrogens is 376 g/mol. The third-order valence-corrected chi connectivity index (χ3v) is 6.49. The Balaban J connectivity index is 1.22. The van der Waals surface area contributed by atoms with Crippen LogP contribution in [0.5, 0.6) is 0 Å². The van der Waals surface area contributed by atoms with Gasteiger partial charge in [-0.3, -0.25) is 24.3 Å². The molecule has 7 nitrogen and oxygen atoms in total. The number of piperidine rings is 2. The molecule has 4 rings (SSSR count). The van der Waals surface area contributed by atoms with E-state index in [1.165, 1.54) is 18.5 Å². The van der Waals surface area contributed by atoms with E-state index >= 15 is 0 Å². The van der Waals surface area contributed by atoms with Gasteiger partial charge >= 0.3 is 0 Å². The lowest BCUT2D eigenvalue weighted by Gasteiger charge is -2.33. The average Bonchev–Trinajstić information content (AvgIpc) is 3.12. The normalized spacial score (nSPS) is 19.8. The quantitative estimate of drug-likeness (QED) is 0.792. The molecule has 2 aromatic heterocycles. The molecule has 7 heteroatoms. The number of aryl methyl sites for hydroxylation is 1. The molecule has 0 aliphatic carbocycles. The second-order valence-corrected chi connectivity index (χ2v) is 8.94. The van der Waals surface area contributed by atoms with Crippen LogP contribution in [0.25, 0.3) is 11.4 Å². The number of nitrogens with zero attached hydrogens (tertiary/aromatic N) is 5. The molecule has 0 aromatic carbocycles. The van der Waals surface area contributed by atoms with Crippen LogP contribution >= 0.6 is 0 Å². The third-order valence-electron chi connectivity index (χ3n) is 6.49. The maximum atomic E-state index is 12.4. The Bertz CT molecular complexity index is 819. The topological polar surface area (TPSA) is 66.3 Å². The maximum Gasteiger partial charge on any atom is 0.234 e. The highest BCUT2D eigenvalue weighted by atomic mass is 16.2. The molecule has 1 amide bonds. The summed E-state index contributed by atoms with van der Waals surface area (Å²) in [7, 11) is 2.00. The Morgan fingerprint density at radius 3 is 2.50 bits per heavy atom. The molecule has 2 saturated heterocycles. The molecule has 0 bridgehead atoms. The number of hydrogen-bond donors (Lipinski definition) is 1. The van der Waals surface area contributed by atoms with Gasteiger partial charge in [0.25, 0.3) is 0 Å². The van der Waals surface area contributed by atoms with Gasteiger partial charge in [0.05, 0.1) is 17.9 Å². The lowest BCUT2D eigenvalue weighted by atomic mass is 9.99. The van der Waals surface area contributed by atoms with Gasteiger partial charge in [0.15, 0.2) is 0 Å². The number of pyridine rings is 1. The first-order valence-electron chi connectivity index (χ1n) is 11.2. The van der Waals surface area contributed by atoms with E-state index in [9.17, 15) is 4.79 Å². The van der Waals surface area contributed by atoms with Crippen LogP contribution in [0.4, 0.5) is 0 Å². The molecule has 0 atom stereocenters. The van der Waals surface area contributed by atoms with Gasteiger partial charge in [-0.2, -0.15) is 5.10 Å². The molecule has 0 unspecified atom stereocenters. The summed E-state index contributed by atoms with van der Waals surface area (Å²) in [5, 5.41) is 7.89. The minimum atomic E-state index is 0.189. The summed E-state index contributed by atoms with van der Waals surface area (Å²) < 4.78 is 1.96. The SMILES string of the molecule is CC1CCN(CC(=O)NC2CCN(Cc3cc(-c4ccccn4)nn3C)CC2)CC1. The van der Waals surface area contributed by atoms with Crippen LogP contribution in [-0.2, 0) is 18.4 Å². The van der Waals surface area contributed by atoms with Crippen LogP contribution < -0.4 is 5.32 Å². The Hall–Kier alpha value is -2.25. The van der Waals surface area contributed by atoms with Crippen molar-refractivity contribution in [2.75, 3.05) is 32.7 Å². The van der Waals surface area contributed by atoms with Crippen LogP contribution in [0.15, 0.2) is 30.5 Å². The van der Waals surface area contributed by atoms with E-state index in [-0.39, 0.29) is 5.91 Å². The van der Waals surface area contributed by atoms with Crippen molar-refractivity contribution in [2.24, 2.45) is 13.0 Å². The predicted molar refractivity (Wildman–Crippen MR) is 118 cm³/mol. The largest absolute Gasteiger partial charge is 0.352 e. The monoisotopic (exact) mass is 410 g/mol. The summed E-state index contributed by atoms with van der Waals surface area (Å²) in [6, 6.07) is 8.33. The molecule has 30 heavy (non-hydrogen) atoms. The number of hydrogen-bond acceptors (Lipinski definition) is 5. The summed E-state index contributed by atoms with van der Waals surface area (Å²) >= 11 is 0. The number of aromatic nitrogens is 3. The van der Waals surface area contributed by atoms with Crippen LogP contribution in [0.3, 0.4) is 0 Å². The zero-order valence-electron chi connectivity index (χ0n) is 18.3. The van der Waals surface area contributed by atoms with Crippen LogP contribution in [0.2, 0.25) is 0 Å². The highest BCUT2D eigenvalue weighted by molar-refractivity contribution is 5.78. The summed E-state index contributed by atoms with van der Waals surface area (Å²) in [5.74, 6) is 0.989. The lowest BCUT2D eigenvalue weighted by molar-refractivity contribution is -0.123. The number of rotatable bonds is 6. The second kappa shape index (κ2) is 9.71. The van der Waals surface area contributed by atoms with Crippen molar-refractivity contribution >= 4 is 5.91 Å². The van der Waals surface area contributed by atoms with E-state index in [0.29, 0.717) is 12.6 Å². The summed E-state index contributed by atoms with van der Waals surface area (Å²) in [6.07, 6.45) is 6.24. The highest BCUT2D eigenvalue weighted by Gasteiger charge is 2.23. The van der Waals surface area contributed by atoms with Gasteiger partial charge in [0.1, 0.15) is 5.69 Å². The molecule has 2 fully saturated rings. The van der Waals surface area contributed by atoms with Gasteiger partial charge in [-0.05, 0) is 62.9 Å². The van der Waals surface area contributed by atoms with E-state index in [2.05, 4.69) is 38.2 Å². The summed E-state index contributed by atoms with van der Waals surface area (Å²) in [5.41, 5.74) is 3.02. The Morgan fingerprint density at radius 2 is 1.80 bits per heavy atom. The zero-order chi connectivity index (χ0) is 20.9. The summed E-state index contributed by atoms with van der Waals surface area (Å²) in [4.78, 5) is 21.6. The molecule has 2 aliphatic rings. The van der Waals surface area contributed by atoms with Gasteiger partial charge in [0.2, 0.25) is 5.91 Å². The second-order valence-electron chi connectivity index (χ2n) is 8.94. The van der Waals surface area contributed by atoms with Gasteiger partial charge < -0.3 is 5.32 Å². The molecule has 162 valence electrons. The molecule has 2 aliphatic heterocycles. The van der Waals surface area contributed by atoms with E-state index in [0.717, 1.165) is 62.9 Å². The van der Waals surface area contributed by atoms with Crippen LogP contribution in [0.1, 0.15) is 38.3 Å². The van der Waals surface area contributed by atoms with Crippen molar-refractivity contribution in [3.8, 4) is 11.4 Å². The predicted octanol–water partition coefficient (Wildman–Crippen LogP) is 2.29. The van der Waals surface area contributed by atoms with Crippen LogP contribution in [-0.4, -0.2) is 69.2 Å². The minimum Gasteiger partial charge on any atom is -0.352 e. The van der Waals surface area contributed by atoms with E-state index in [1.807, 2.05) is 29.9 Å². The van der Waals surface area contributed by atoms with Gasteiger partial charge in [-0.25, -0.2) is 0 Å². The first-order valence-corrected chi connectivity index (χ1v) is 11.2. The van der Waals surface area contributed by atoms with Crippen molar-refractivity contribution in [3.63, 3.8) is 0 Å². The van der Waals surface area contributed by atoms with Gasteiger partial charge in [0, 0.05) is 38.9 Å². The molecule has 4 heterocycles. The fourth-order valence-electron chi connectivity index (χ4n) is 4.45. The Morgan fingerprint density at radius 1 is 1.07 bits per heavy atom. The molecule has 0 spiro atoms.